The van der Waals surface area contributed by atoms with Crippen molar-refractivity contribution in [2.45, 2.75) is 36.7 Å². The summed E-state index contributed by atoms with van der Waals surface area (Å²) < 4.78 is 64.3. The molecule has 0 bridgehead atoms. The van der Waals surface area contributed by atoms with Gasteiger partial charge in [0.15, 0.2) is 9.84 Å². The van der Waals surface area contributed by atoms with Crippen molar-refractivity contribution >= 4 is 45.5 Å². The van der Waals surface area contributed by atoms with E-state index < -0.39 is 38.6 Å². The van der Waals surface area contributed by atoms with Crippen LogP contribution in [0.5, 0.6) is 5.75 Å². The monoisotopic (exact) mass is 556 g/mol. The van der Waals surface area contributed by atoms with Gasteiger partial charge in [0.1, 0.15) is 17.9 Å². The molecule has 0 fully saturated rings. The number of rotatable bonds is 7. The maximum atomic E-state index is 13.1. The summed E-state index contributed by atoms with van der Waals surface area (Å²) in [7, 11) is -3.78. The van der Waals surface area contributed by atoms with E-state index >= 15 is 0 Å². The van der Waals surface area contributed by atoms with Crippen LogP contribution in [0.3, 0.4) is 0 Å². The lowest BCUT2D eigenvalue weighted by molar-refractivity contribution is -0.137. The summed E-state index contributed by atoms with van der Waals surface area (Å²) in [5.74, 6) is -1.18. The Morgan fingerprint density at radius 1 is 1.05 bits per heavy atom. The molecule has 1 atom stereocenters. The summed E-state index contributed by atoms with van der Waals surface area (Å²) in [5, 5.41) is 14.6. The van der Waals surface area contributed by atoms with Gasteiger partial charge in [0, 0.05) is 11.6 Å². The van der Waals surface area contributed by atoms with Gasteiger partial charge in [0.25, 0.3) is 5.91 Å². The summed E-state index contributed by atoms with van der Waals surface area (Å²) >= 11 is 6.28. The Hall–Kier alpha value is -3.57. The number of carbonyl (C=O) groups is 2. The molecule has 198 valence electrons. The van der Waals surface area contributed by atoms with Crippen molar-refractivity contribution < 1.29 is 36.3 Å². The third kappa shape index (κ3) is 7.23. The van der Waals surface area contributed by atoms with Gasteiger partial charge in [-0.25, -0.2) is 8.42 Å². The molecule has 0 aliphatic heterocycles. The molecule has 1 amide bonds. The summed E-state index contributed by atoms with van der Waals surface area (Å²) in [6.45, 7) is 5.46. The molecular formula is C25H24ClF3N2O5S. The Bertz CT molecular complexity index is 1360. The number of amides is 1. The molecule has 37 heavy (non-hydrogen) atoms. The van der Waals surface area contributed by atoms with Crippen LogP contribution in [-0.2, 0) is 20.8 Å². The number of benzene rings is 3. The van der Waals surface area contributed by atoms with Crippen molar-refractivity contribution in [1.82, 2.24) is 0 Å². The number of aromatic hydroxyl groups is 1. The number of phenolic OH excluding ortho intramolecular Hbond substituents is 1. The number of halogens is 4. The molecular weight excluding hydrogens is 533 g/mol. The fraction of sp³-hybridized carbons (Fsp3) is 0.200. The highest BCUT2D eigenvalue weighted by Gasteiger charge is 2.30. The van der Waals surface area contributed by atoms with E-state index in [1.165, 1.54) is 18.2 Å². The zero-order valence-corrected chi connectivity index (χ0v) is 21.3. The summed E-state index contributed by atoms with van der Waals surface area (Å²) in [6.07, 6.45) is -4.34. The fourth-order valence-electron chi connectivity index (χ4n) is 3.31. The van der Waals surface area contributed by atoms with E-state index in [-0.39, 0.29) is 33.3 Å². The Kier molecular flexibility index (Phi) is 9.71. The molecule has 0 aliphatic carbocycles. The standard InChI is InChI=1S/C24H22ClF3N2O4S.CH2O/c1-3-22(35(33,34)17-6-4-5-14(2)11-17)29-19-13-21(31)20(12-18(19)25)30-23(32)15-7-9-16(10-8-15)24(26,27)28;1-2/h4-13,22,29,31H,3H2,1-2H3,(H,30,32);1H2. The second-order valence-corrected chi connectivity index (χ2v) is 10.3. The first-order chi connectivity index (χ1) is 17.3. The van der Waals surface area contributed by atoms with Crippen LogP contribution in [0.15, 0.2) is 65.6 Å². The maximum Gasteiger partial charge on any atom is 0.416 e. The normalized spacial score (nSPS) is 12.2. The van der Waals surface area contributed by atoms with E-state index in [1.54, 1.807) is 32.0 Å². The number of carbonyl (C=O) groups excluding carboxylic acids is 2. The zero-order valence-electron chi connectivity index (χ0n) is 19.8. The van der Waals surface area contributed by atoms with Gasteiger partial charge in [0.2, 0.25) is 0 Å². The van der Waals surface area contributed by atoms with Crippen molar-refractivity contribution in [3.05, 3.63) is 82.4 Å². The van der Waals surface area contributed by atoms with Crippen molar-refractivity contribution in [3.63, 3.8) is 0 Å². The van der Waals surface area contributed by atoms with Crippen molar-refractivity contribution in [3.8, 4) is 5.75 Å². The smallest absolute Gasteiger partial charge is 0.416 e. The second kappa shape index (κ2) is 12.1. The van der Waals surface area contributed by atoms with Crippen molar-refractivity contribution in [1.29, 1.82) is 0 Å². The van der Waals surface area contributed by atoms with Crippen LogP contribution in [0.2, 0.25) is 5.02 Å². The van der Waals surface area contributed by atoms with Crippen LogP contribution in [0.4, 0.5) is 24.5 Å². The van der Waals surface area contributed by atoms with Gasteiger partial charge in [-0.05, 0) is 61.4 Å². The molecule has 3 N–H and O–H groups in total. The van der Waals surface area contributed by atoms with Gasteiger partial charge < -0.3 is 20.5 Å². The first kappa shape index (κ1) is 29.7. The van der Waals surface area contributed by atoms with Crippen LogP contribution >= 0.6 is 11.6 Å². The van der Waals surface area contributed by atoms with Crippen molar-refractivity contribution in [2.75, 3.05) is 10.6 Å². The Morgan fingerprint density at radius 3 is 2.22 bits per heavy atom. The molecule has 3 aromatic carbocycles. The predicted molar refractivity (Wildman–Crippen MR) is 136 cm³/mol. The third-order valence-electron chi connectivity index (χ3n) is 5.19. The highest BCUT2D eigenvalue weighted by molar-refractivity contribution is 7.92. The molecule has 0 radical (unpaired) electrons. The van der Waals surface area contributed by atoms with Crippen LogP contribution in [0.25, 0.3) is 0 Å². The average molecular weight is 557 g/mol. The first-order valence-electron chi connectivity index (χ1n) is 10.7. The highest BCUT2D eigenvalue weighted by Crippen LogP contribution is 2.36. The third-order valence-corrected chi connectivity index (χ3v) is 7.61. The molecule has 7 nitrogen and oxygen atoms in total. The summed E-state index contributed by atoms with van der Waals surface area (Å²) in [6, 6.07) is 12.4. The van der Waals surface area contributed by atoms with E-state index in [0.717, 1.165) is 29.8 Å². The Morgan fingerprint density at radius 2 is 1.68 bits per heavy atom. The zero-order chi connectivity index (χ0) is 28.0. The molecule has 0 saturated heterocycles. The van der Waals surface area contributed by atoms with Gasteiger partial charge in [-0.2, -0.15) is 13.2 Å². The topological polar surface area (TPSA) is 113 Å². The lowest BCUT2D eigenvalue weighted by Crippen LogP contribution is -2.29. The van der Waals surface area contributed by atoms with E-state index in [4.69, 9.17) is 16.4 Å². The molecule has 0 aromatic heterocycles. The molecule has 0 spiro atoms. The number of aryl methyl sites for hydroxylation is 1. The van der Waals surface area contributed by atoms with Gasteiger partial charge in [0.05, 0.1) is 26.9 Å². The minimum Gasteiger partial charge on any atom is -0.506 e. The lowest BCUT2D eigenvalue weighted by Gasteiger charge is -2.21. The lowest BCUT2D eigenvalue weighted by atomic mass is 10.1. The Labute approximate surface area is 217 Å². The Balaban J connectivity index is 0.00000235. The SMILES string of the molecule is C=O.CCC(Nc1cc(O)c(NC(=O)c2ccc(C(F)(F)F)cc2)cc1Cl)S(=O)(=O)c1cccc(C)c1. The van der Waals surface area contributed by atoms with E-state index in [0.29, 0.717) is 0 Å². The number of hydrogen-bond donors (Lipinski definition) is 3. The molecule has 3 aromatic rings. The highest BCUT2D eigenvalue weighted by atomic mass is 35.5. The summed E-state index contributed by atoms with van der Waals surface area (Å²) in [5.41, 5.74) is -0.156. The van der Waals surface area contributed by atoms with E-state index in [1.807, 2.05) is 6.79 Å². The van der Waals surface area contributed by atoms with Gasteiger partial charge in [-0.3, -0.25) is 4.79 Å². The van der Waals surface area contributed by atoms with Crippen LogP contribution in [0.1, 0.15) is 34.8 Å². The number of alkyl halides is 3. The molecule has 0 heterocycles. The molecule has 0 saturated carbocycles. The van der Waals surface area contributed by atoms with Gasteiger partial charge in [-0.1, -0.05) is 30.7 Å². The predicted octanol–water partition coefficient (Wildman–Crippen LogP) is 6.06. The fourth-order valence-corrected chi connectivity index (χ4v) is 5.19. The minimum atomic E-state index is -4.53. The maximum absolute atomic E-state index is 13.1. The number of phenols is 1. The van der Waals surface area contributed by atoms with Crippen LogP contribution in [-0.4, -0.2) is 31.6 Å². The molecule has 0 aliphatic rings. The molecule has 1 unspecified atom stereocenters. The average Bonchev–Trinajstić information content (AvgIpc) is 2.85. The van der Waals surface area contributed by atoms with E-state index in [9.17, 15) is 31.5 Å². The van der Waals surface area contributed by atoms with E-state index in [2.05, 4.69) is 10.6 Å². The van der Waals surface area contributed by atoms with Gasteiger partial charge in [-0.15, -0.1) is 0 Å². The largest absolute Gasteiger partial charge is 0.506 e. The molecule has 12 heteroatoms. The summed E-state index contributed by atoms with van der Waals surface area (Å²) in [4.78, 5) is 20.6. The quantitative estimate of drug-likeness (QED) is 0.305. The van der Waals surface area contributed by atoms with Gasteiger partial charge >= 0.3 is 6.18 Å². The minimum absolute atomic E-state index is 0.0170. The second-order valence-electron chi connectivity index (χ2n) is 7.78. The number of sulfone groups is 1. The van der Waals surface area contributed by atoms with Crippen LogP contribution in [0, 0.1) is 6.92 Å². The first-order valence-corrected chi connectivity index (χ1v) is 12.6. The number of nitrogens with one attached hydrogen (secondary N) is 2. The number of anilines is 2. The van der Waals surface area contributed by atoms with Crippen LogP contribution < -0.4 is 10.6 Å². The van der Waals surface area contributed by atoms with Crippen molar-refractivity contribution in [2.24, 2.45) is 0 Å². The molecule has 3 rings (SSSR count). The number of hydrogen-bond acceptors (Lipinski definition) is 6.